The summed E-state index contributed by atoms with van der Waals surface area (Å²) in [4.78, 5) is 10.1. The van der Waals surface area contributed by atoms with Crippen molar-refractivity contribution in [2.24, 2.45) is 0 Å². The number of imidazole rings is 1. The summed E-state index contributed by atoms with van der Waals surface area (Å²) < 4.78 is 2.57. The van der Waals surface area contributed by atoms with Crippen LogP contribution in [-0.2, 0) is 0 Å². The van der Waals surface area contributed by atoms with E-state index in [1.54, 1.807) is 10.6 Å². The second-order valence-electron chi connectivity index (χ2n) is 4.25. The zero-order valence-corrected chi connectivity index (χ0v) is 13.2. The van der Waals surface area contributed by atoms with Crippen molar-refractivity contribution in [3.63, 3.8) is 0 Å². The summed E-state index contributed by atoms with van der Waals surface area (Å²) in [5.74, 6) is 0. The van der Waals surface area contributed by atoms with Crippen molar-refractivity contribution in [1.82, 2.24) is 19.6 Å². The van der Waals surface area contributed by atoms with Crippen molar-refractivity contribution >= 4 is 43.5 Å². The Morgan fingerprint density at radius 2 is 2.20 bits per heavy atom. The molecule has 0 aromatic carbocycles. The van der Waals surface area contributed by atoms with E-state index >= 15 is 0 Å². The Morgan fingerprint density at radius 3 is 2.85 bits per heavy atom. The Labute approximate surface area is 128 Å². The van der Waals surface area contributed by atoms with Gasteiger partial charge in [-0.2, -0.15) is 5.10 Å². The van der Waals surface area contributed by atoms with Crippen molar-refractivity contribution in [1.29, 1.82) is 0 Å². The van der Waals surface area contributed by atoms with E-state index in [0.29, 0.717) is 0 Å². The molecule has 20 heavy (non-hydrogen) atoms. The van der Waals surface area contributed by atoms with E-state index in [9.17, 15) is 0 Å². The van der Waals surface area contributed by atoms with Gasteiger partial charge < -0.3 is 0 Å². The normalized spacial score (nSPS) is 10.9. The molecule has 0 unspecified atom stereocenters. The monoisotopic (exact) mass is 346 g/mol. The van der Waals surface area contributed by atoms with Crippen LogP contribution < -0.4 is 0 Å². The quantitative estimate of drug-likeness (QED) is 0.714. The number of hydrogen-bond acceptors (Lipinski definition) is 4. The number of halogens is 1. The van der Waals surface area contributed by atoms with Gasteiger partial charge in [0.05, 0.1) is 22.5 Å². The molecule has 3 aromatic rings. The number of thiazole rings is 1. The SMILES string of the molecule is C=Cc1nc(-c2cn3nc(C)ccc3n2)sc1C(=C)Br. The van der Waals surface area contributed by atoms with Gasteiger partial charge in [-0.15, -0.1) is 11.3 Å². The van der Waals surface area contributed by atoms with Crippen molar-refractivity contribution in [2.75, 3.05) is 0 Å². The third-order valence-electron chi connectivity index (χ3n) is 2.77. The van der Waals surface area contributed by atoms with E-state index in [1.165, 1.54) is 11.3 Å². The highest BCUT2D eigenvalue weighted by Gasteiger charge is 2.14. The predicted octanol–water partition coefficient (Wildman–Crippen LogP) is 4.17. The third kappa shape index (κ3) is 2.21. The Kier molecular flexibility index (Phi) is 3.27. The number of aromatic nitrogens is 4. The highest BCUT2D eigenvalue weighted by atomic mass is 79.9. The molecule has 0 saturated heterocycles. The number of rotatable bonds is 3. The van der Waals surface area contributed by atoms with Crippen LogP contribution in [0.1, 0.15) is 16.3 Å². The van der Waals surface area contributed by atoms with Gasteiger partial charge in [0.15, 0.2) is 5.65 Å². The van der Waals surface area contributed by atoms with Crippen LogP contribution in [0.4, 0.5) is 0 Å². The van der Waals surface area contributed by atoms with Gasteiger partial charge in [-0.25, -0.2) is 14.5 Å². The molecule has 3 heterocycles. The topological polar surface area (TPSA) is 43.1 Å². The average Bonchev–Trinajstić information content (AvgIpc) is 3.00. The molecule has 0 saturated carbocycles. The Balaban J connectivity index is 2.15. The molecule has 0 aliphatic carbocycles. The van der Waals surface area contributed by atoms with Gasteiger partial charge in [0.2, 0.25) is 0 Å². The molecule has 0 spiro atoms. The molecule has 0 N–H and O–H groups in total. The summed E-state index contributed by atoms with van der Waals surface area (Å²) in [6, 6.07) is 3.88. The third-order valence-corrected chi connectivity index (χ3v) is 4.58. The molecule has 0 atom stereocenters. The van der Waals surface area contributed by atoms with Gasteiger partial charge in [-0.1, -0.05) is 13.2 Å². The van der Waals surface area contributed by atoms with Crippen molar-refractivity contribution in [3.8, 4) is 10.7 Å². The van der Waals surface area contributed by atoms with E-state index in [0.717, 1.165) is 37.1 Å². The lowest BCUT2D eigenvalue weighted by molar-refractivity contribution is 0.901. The van der Waals surface area contributed by atoms with Gasteiger partial charge in [-0.05, 0) is 41.1 Å². The Bertz CT molecular complexity index is 831. The standard InChI is InChI=1S/C14H11BrN4S/c1-4-10-13(9(3)15)20-14(17-10)11-7-19-12(16-11)6-5-8(2)18-19/h4-7H,1,3H2,2H3. The first-order valence-electron chi connectivity index (χ1n) is 5.90. The summed E-state index contributed by atoms with van der Waals surface area (Å²) in [5, 5.41) is 5.22. The maximum Gasteiger partial charge on any atom is 0.154 e. The van der Waals surface area contributed by atoms with Crippen molar-refractivity contribution in [2.45, 2.75) is 6.92 Å². The molecule has 0 bridgehead atoms. The summed E-state index contributed by atoms with van der Waals surface area (Å²) in [7, 11) is 0. The van der Waals surface area contributed by atoms with Crippen molar-refractivity contribution < 1.29 is 0 Å². The number of hydrogen-bond donors (Lipinski definition) is 0. The molecule has 3 aromatic heterocycles. The van der Waals surface area contributed by atoms with Crippen LogP contribution >= 0.6 is 27.3 Å². The van der Waals surface area contributed by atoms with Crippen molar-refractivity contribution in [3.05, 3.63) is 47.8 Å². The number of aryl methyl sites for hydroxylation is 1. The Morgan fingerprint density at radius 1 is 1.40 bits per heavy atom. The first kappa shape index (κ1) is 13.2. The van der Waals surface area contributed by atoms with Gasteiger partial charge in [0, 0.05) is 4.48 Å². The summed E-state index contributed by atoms with van der Waals surface area (Å²) >= 11 is 4.93. The fourth-order valence-corrected chi connectivity index (χ4v) is 3.19. The fraction of sp³-hybridized carbons (Fsp3) is 0.0714. The predicted molar refractivity (Wildman–Crippen MR) is 86.9 cm³/mol. The first-order chi connectivity index (χ1) is 9.58. The molecule has 100 valence electrons. The van der Waals surface area contributed by atoms with E-state index in [1.807, 2.05) is 25.3 Å². The maximum atomic E-state index is 4.54. The van der Waals surface area contributed by atoms with E-state index in [2.05, 4.69) is 44.2 Å². The van der Waals surface area contributed by atoms with Crippen LogP contribution in [0, 0.1) is 6.92 Å². The lowest BCUT2D eigenvalue weighted by Crippen LogP contribution is -1.91. The highest BCUT2D eigenvalue weighted by Crippen LogP contribution is 2.34. The van der Waals surface area contributed by atoms with E-state index in [-0.39, 0.29) is 0 Å². The van der Waals surface area contributed by atoms with E-state index in [4.69, 9.17) is 0 Å². The fourth-order valence-electron chi connectivity index (χ4n) is 1.85. The van der Waals surface area contributed by atoms with Crippen LogP contribution in [-0.4, -0.2) is 19.6 Å². The molecule has 0 aliphatic heterocycles. The van der Waals surface area contributed by atoms with Crippen LogP contribution in [0.3, 0.4) is 0 Å². The molecule has 0 aliphatic rings. The Hall–Kier alpha value is -1.79. The molecule has 4 nitrogen and oxygen atoms in total. The largest absolute Gasteiger partial charge is 0.234 e. The first-order valence-corrected chi connectivity index (χ1v) is 7.51. The average molecular weight is 347 g/mol. The molecule has 3 rings (SSSR count). The van der Waals surface area contributed by atoms with Crippen LogP contribution in [0.2, 0.25) is 0 Å². The summed E-state index contributed by atoms with van der Waals surface area (Å²) in [6.45, 7) is 9.63. The summed E-state index contributed by atoms with van der Waals surface area (Å²) in [5.41, 5.74) is 3.37. The minimum Gasteiger partial charge on any atom is -0.234 e. The van der Waals surface area contributed by atoms with Crippen LogP contribution in [0.5, 0.6) is 0 Å². The zero-order valence-electron chi connectivity index (χ0n) is 10.8. The highest BCUT2D eigenvalue weighted by molar-refractivity contribution is 9.15. The van der Waals surface area contributed by atoms with Gasteiger partial charge in [0.1, 0.15) is 10.7 Å². The smallest absolute Gasteiger partial charge is 0.154 e. The maximum absolute atomic E-state index is 4.54. The molecular formula is C14H11BrN4S. The van der Waals surface area contributed by atoms with Gasteiger partial charge in [0.25, 0.3) is 0 Å². The number of fused-ring (bicyclic) bond motifs is 1. The summed E-state index contributed by atoms with van der Waals surface area (Å²) in [6.07, 6.45) is 3.61. The number of nitrogens with zero attached hydrogens (tertiary/aromatic N) is 4. The lowest BCUT2D eigenvalue weighted by Gasteiger charge is -1.91. The molecule has 0 fully saturated rings. The molecule has 0 amide bonds. The minimum atomic E-state index is 0.800. The molecule has 0 radical (unpaired) electrons. The molecule has 6 heteroatoms. The van der Waals surface area contributed by atoms with Crippen LogP contribution in [0.25, 0.3) is 26.9 Å². The zero-order chi connectivity index (χ0) is 14.3. The van der Waals surface area contributed by atoms with Crippen LogP contribution in [0.15, 0.2) is 31.5 Å². The minimum absolute atomic E-state index is 0.800. The lowest BCUT2D eigenvalue weighted by atomic mass is 10.3. The second kappa shape index (κ2) is 4.96. The molecular weight excluding hydrogens is 336 g/mol. The van der Waals surface area contributed by atoms with Gasteiger partial charge >= 0.3 is 0 Å². The van der Waals surface area contributed by atoms with E-state index < -0.39 is 0 Å². The van der Waals surface area contributed by atoms with Gasteiger partial charge in [-0.3, -0.25) is 0 Å². The second-order valence-corrected chi connectivity index (χ2v) is 6.20.